The number of aliphatic hydroxyl groups is 1. The number of aromatic hydroxyl groups is 1. The van der Waals surface area contributed by atoms with Gasteiger partial charge in [0.2, 0.25) is 0 Å². The highest BCUT2D eigenvalue weighted by molar-refractivity contribution is 5.93. The third-order valence-electron chi connectivity index (χ3n) is 5.29. The molecule has 0 aromatic heterocycles. The zero-order chi connectivity index (χ0) is 19.4. The summed E-state index contributed by atoms with van der Waals surface area (Å²) in [5.74, 6) is -0.241. The van der Waals surface area contributed by atoms with Crippen LogP contribution in [-0.4, -0.2) is 41.7 Å². The van der Waals surface area contributed by atoms with Gasteiger partial charge in [-0.1, -0.05) is 37.1 Å². The average molecular weight is 406 g/mol. The fraction of sp³-hybridized carbons (Fsp3) is 0.409. The number of halogens is 1. The fourth-order valence-electron chi connectivity index (χ4n) is 3.93. The zero-order valence-corrected chi connectivity index (χ0v) is 17.1. The Labute approximate surface area is 172 Å². The highest BCUT2D eigenvalue weighted by Gasteiger charge is 2.40. The Bertz CT molecular complexity index is 811. The van der Waals surface area contributed by atoms with Crippen molar-refractivity contribution >= 4 is 18.4 Å². The van der Waals surface area contributed by atoms with E-state index in [9.17, 15) is 15.0 Å². The Kier molecular flexibility index (Phi) is 7.47. The first kappa shape index (κ1) is 22.2. The summed E-state index contributed by atoms with van der Waals surface area (Å²) < 4.78 is 5.45. The van der Waals surface area contributed by atoms with Crippen molar-refractivity contribution in [1.29, 1.82) is 0 Å². The largest absolute Gasteiger partial charge is 0.507 e. The van der Waals surface area contributed by atoms with E-state index in [0.717, 1.165) is 31.4 Å². The Morgan fingerprint density at radius 1 is 1.18 bits per heavy atom. The van der Waals surface area contributed by atoms with E-state index in [0.29, 0.717) is 12.2 Å². The van der Waals surface area contributed by atoms with Crippen LogP contribution in [0.2, 0.25) is 0 Å². The number of carbonyl (C=O) groups excluding carboxylic acids is 1. The normalized spacial score (nSPS) is 21.8. The predicted molar refractivity (Wildman–Crippen MR) is 111 cm³/mol. The highest BCUT2D eigenvalue weighted by atomic mass is 35.5. The molecule has 0 amide bonds. The molecule has 1 saturated carbocycles. The Morgan fingerprint density at radius 2 is 1.93 bits per heavy atom. The molecular weight excluding hydrogens is 378 g/mol. The molecule has 0 bridgehead atoms. The second-order valence-electron chi connectivity index (χ2n) is 7.56. The molecule has 0 saturated heterocycles. The molecule has 1 aliphatic carbocycles. The maximum atomic E-state index is 12.4. The number of phenolic OH excluding ortho intramolecular Hbond substituents is 1. The topological polar surface area (TPSA) is 70.0 Å². The van der Waals surface area contributed by atoms with Gasteiger partial charge in [0.25, 0.3) is 0 Å². The standard InChI is InChI=1S/C22H27NO4.ClH/c1-23(2)15-17-8-5-6-13-22(17,26)16-9-7-10-18(14-16)27-21(25)19-11-3-4-12-20(19)24;/h3-4,7,9-12,14,17,24,26H,5-6,8,13,15H2,1-2H3;1H/t17-,22+;/m1./s1. The van der Waals surface area contributed by atoms with Gasteiger partial charge in [-0.3, -0.25) is 0 Å². The molecule has 152 valence electrons. The number of ether oxygens (including phenoxy) is 1. The molecule has 2 aromatic rings. The summed E-state index contributed by atoms with van der Waals surface area (Å²) in [6, 6.07) is 13.4. The fourth-order valence-corrected chi connectivity index (χ4v) is 3.93. The highest BCUT2D eigenvalue weighted by Crippen LogP contribution is 2.42. The number of nitrogens with zero attached hydrogens (tertiary/aromatic N) is 1. The number of esters is 1. The predicted octanol–water partition coefficient (Wildman–Crippen LogP) is 3.97. The van der Waals surface area contributed by atoms with Crippen LogP contribution in [0, 0.1) is 5.92 Å². The van der Waals surface area contributed by atoms with E-state index in [1.165, 1.54) is 12.1 Å². The lowest BCUT2D eigenvalue weighted by atomic mass is 9.71. The Balaban J connectivity index is 0.00000280. The lowest BCUT2D eigenvalue weighted by molar-refractivity contribution is -0.0619. The van der Waals surface area contributed by atoms with Crippen LogP contribution in [0.15, 0.2) is 48.5 Å². The van der Waals surface area contributed by atoms with E-state index in [-0.39, 0.29) is 29.6 Å². The van der Waals surface area contributed by atoms with E-state index in [1.54, 1.807) is 30.3 Å². The third-order valence-corrected chi connectivity index (χ3v) is 5.29. The van der Waals surface area contributed by atoms with E-state index in [4.69, 9.17) is 4.74 Å². The lowest BCUT2D eigenvalue weighted by Gasteiger charge is -2.41. The molecule has 2 aromatic carbocycles. The lowest BCUT2D eigenvalue weighted by Crippen LogP contribution is -2.43. The van der Waals surface area contributed by atoms with Crippen molar-refractivity contribution in [2.75, 3.05) is 20.6 Å². The number of hydrogen-bond acceptors (Lipinski definition) is 5. The molecular formula is C22H28ClNO4. The average Bonchev–Trinajstić information content (AvgIpc) is 2.64. The molecule has 0 heterocycles. The quantitative estimate of drug-likeness (QED) is 0.581. The van der Waals surface area contributed by atoms with Crippen LogP contribution in [0.5, 0.6) is 11.5 Å². The molecule has 3 rings (SSSR count). The molecule has 0 unspecified atom stereocenters. The summed E-state index contributed by atoms with van der Waals surface area (Å²) in [7, 11) is 4.03. The van der Waals surface area contributed by atoms with Crippen LogP contribution >= 0.6 is 12.4 Å². The smallest absolute Gasteiger partial charge is 0.347 e. The first-order valence-electron chi connectivity index (χ1n) is 9.38. The Morgan fingerprint density at radius 3 is 2.64 bits per heavy atom. The number of rotatable bonds is 5. The number of phenols is 1. The summed E-state index contributed by atoms with van der Waals surface area (Å²) in [5.41, 5.74) is -0.0405. The van der Waals surface area contributed by atoms with Crippen molar-refractivity contribution in [3.8, 4) is 11.5 Å². The van der Waals surface area contributed by atoms with E-state index >= 15 is 0 Å². The molecule has 0 radical (unpaired) electrons. The van der Waals surface area contributed by atoms with Gasteiger partial charge in [-0.25, -0.2) is 4.79 Å². The summed E-state index contributed by atoms with van der Waals surface area (Å²) in [4.78, 5) is 14.5. The first-order valence-corrected chi connectivity index (χ1v) is 9.38. The second-order valence-corrected chi connectivity index (χ2v) is 7.56. The van der Waals surface area contributed by atoms with Gasteiger partial charge in [0.05, 0.1) is 5.60 Å². The van der Waals surface area contributed by atoms with Gasteiger partial charge < -0.3 is 19.8 Å². The van der Waals surface area contributed by atoms with E-state index in [2.05, 4.69) is 4.90 Å². The van der Waals surface area contributed by atoms with Crippen molar-refractivity contribution in [1.82, 2.24) is 4.90 Å². The Hall–Kier alpha value is -2.08. The molecule has 0 spiro atoms. The van der Waals surface area contributed by atoms with Gasteiger partial charge in [0.15, 0.2) is 0 Å². The molecule has 1 fully saturated rings. The van der Waals surface area contributed by atoms with Crippen LogP contribution in [-0.2, 0) is 5.60 Å². The van der Waals surface area contributed by atoms with Crippen LogP contribution in [0.3, 0.4) is 0 Å². The van der Waals surface area contributed by atoms with Gasteiger partial charge >= 0.3 is 5.97 Å². The maximum absolute atomic E-state index is 12.4. The molecule has 5 nitrogen and oxygen atoms in total. The molecule has 0 aliphatic heterocycles. The van der Waals surface area contributed by atoms with Gasteiger partial charge in [0.1, 0.15) is 17.1 Å². The summed E-state index contributed by atoms with van der Waals surface area (Å²) in [5, 5.41) is 21.3. The molecule has 6 heteroatoms. The zero-order valence-electron chi connectivity index (χ0n) is 16.3. The molecule has 1 aliphatic rings. The van der Waals surface area contributed by atoms with Crippen molar-refractivity contribution in [2.24, 2.45) is 5.92 Å². The number of hydrogen-bond donors (Lipinski definition) is 2. The molecule has 28 heavy (non-hydrogen) atoms. The first-order chi connectivity index (χ1) is 12.9. The van der Waals surface area contributed by atoms with Crippen LogP contribution < -0.4 is 4.74 Å². The molecule has 2 atom stereocenters. The SMILES string of the molecule is CN(C)C[C@H]1CCCC[C@]1(O)c1cccc(OC(=O)c2ccccc2O)c1.Cl. The minimum Gasteiger partial charge on any atom is -0.507 e. The minimum absolute atomic E-state index is 0. The third kappa shape index (κ3) is 4.85. The summed E-state index contributed by atoms with van der Waals surface area (Å²) >= 11 is 0. The van der Waals surface area contributed by atoms with Gasteiger partial charge in [0, 0.05) is 12.5 Å². The minimum atomic E-state index is -0.931. The van der Waals surface area contributed by atoms with Crippen LogP contribution in [0.4, 0.5) is 0 Å². The monoisotopic (exact) mass is 405 g/mol. The van der Waals surface area contributed by atoms with Gasteiger partial charge in [-0.15, -0.1) is 12.4 Å². The maximum Gasteiger partial charge on any atom is 0.347 e. The van der Waals surface area contributed by atoms with Crippen molar-refractivity contribution in [3.05, 3.63) is 59.7 Å². The summed E-state index contributed by atoms with van der Waals surface area (Å²) in [6.45, 7) is 0.804. The van der Waals surface area contributed by atoms with Crippen LogP contribution in [0.1, 0.15) is 41.6 Å². The van der Waals surface area contributed by atoms with Crippen LogP contribution in [0.25, 0.3) is 0 Å². The number of benzene rings is 2. The number of para-hydroxylation sites is 1. The van der Waals surface area contributed by atoms with Crippen molar-refractivity contribution in [3.63, 3.8) is 0 Å². The van der Waals surface area contributed by atoms with E-state index < -0.39 is 11.6 Å². The van der Waals surface area contributed by atoms with Gasteiger partial charge in [-0.2, -0.15) is 0 Å². The van der Waals surface area contributed by atoms with E-state index in [1.807, 2.05) is 20.2 Å². The number of carbonyl (C=O) groups is 1. The van der Waals surface area contributed by atoms with Gasteiger partial charge in [-0.05, 0) is 56.8 Å². The van der Waals surface area contributed by atoms with Crippen molar-refractivity contribution in [2.45, 2.75) is 31.3 Å². The summed E-state index contributed by atoms with van der Waals surface area (Å²) in [6.07, 6.45) is 3.75. The molecule has 2 N–H and O–H groups in total. The van der Waals surface area contributed by atoms with Crippen molar-refractivity contribution < 1.29 is 19.7 Å². The second kappa shape index (κ2) is 9.41.